The van der Waals surface area contributed by atoms with Gasteiger partial charge in [0.25, 0.3) is 5.91 Å². The SMILES string of the molecule is COc1cc(C=NOCC(=O)Nc2ccc(Cl)cc2)ccc1OCc1cccc(F)c1. The van der Waals surface area contributed by atoms with Crippen molar-refractivity contribution in [3.63, 3.8) is 0 Å². The molecule has 0 fully saturated rings. The summed E-state index contributed by atoms with van der Waals surface area (Å²) >= 11 is 5.80. The van der Waals surface area contributed by atoms with Crippen molar-refractivity contribution >= 4 is 29.4 Å². The number of ether oxygens (including phenoxy) is 2. The number of hydrogen-bond donors (Lipinski definition) is 1. The summed E-state index contributed by atoms with van der Waals surface area (Å²) in [6, 6.07) is 18.1. The van der Waals surface area contributed by atoms with Gasteiger partial charge in [0.1, 0.15) is 12.4 Å². The minimum absolute atomic E-state index is 0.202. The lowest BCUT2D eigenvalue weighted by Crippen LogP contribution is -2.16. The molecule has 0 saturated heterocycles. The number of carbonyl (C=O) groups excluding carboxylic acids is 1. The Morgan fingerprint density at radius 3 is 2.65 bits per heavy atom. The summed E-state index contributed by atoms with van der Waals surface area (Å²) in [6.45, 7) is -0.0432. The molecule has 6 nitrogen and oxygen atoms in total. The van der Waals surface area contributed by atoms with E-state index in [1.54, 1.807) is 54.6 Å². The third-order valence-electron chi connectivity index (χ3n) is 4.07. The minimum Gasteiger partial charge on any atom is -0.493 e. The van der Waals surface area contributed by atoms with Gasteiger partial charge >= 0.3 is 0 Å². The number of hydrogen-bond acceptors (Lipinski definition) is 5. The fourth-order valence-electron chi connectivity index (χ4n) is 2.60. The summed E-state index contributed by atoms with van der Waals surface area (Å²) in [5, 5.41) is 7.05. The van der Waals surface area contributed by atoms with Gasteiger partial charge in [-0.2, -0.15) is 0 Å². The Balaban J connectivity index is 1.51. The molecular formula is C23H20ClFN2O4. The van der Waals surface area contributed by atoms with Crippen LogP contribution in [0.2, 0.25) is 5.02 Å². The number of halogens is 2. The number of oxime groups is 1. The number of carbonyl (C=O) groups is 1. The monoisotopic (exact) mass is 442 g/mol. The largest absolute Gasteiger partial charge is 0.493 e. The normalized spacial score (nSPS) is 10.7. The van der Waals surface area contributed by atoms with E-state index in [1.165, 1.54) is 25.5 Å². The summed E-state index contributed by atoms with van der Waals surface area (Å²) in [5.41, 5.74) is 2.01. The zero-order valence-electron chi connectivity index (χ0n) is 16.7. The molecule has 3 rings (SSSR count). The predicted octanol–water partition coefficient (Wildman–Crippen LogP) is 5.06. The van der Waals surface area contributed by atoms with E-state index in [0.29, 0.717) is 33.3 Å². The molecule has 160 valence electrons. The third kappa shape index (κ3) is 7.01. The summed E-state index contributed by atoms with van der Waals surface area (Å²) in [6.07, 6.45) is 1.45. The molecule has 1 amide bonds. The summed E-state index contributed by atoms with van der Waals surface area (Å²) in [4.78, 5) is 16.9. The highest BCUT2D eigenvalue weighted by Gasteiger charge is 2.07. The van der Waals surface area contributed by atoms with Gasteiger partial charge in [0.2, 0.25) is 0 Å². The Hall–Kier alpha value is -3.58. The van der Waals surface area contributed by atoms with Crippen LogP contribution in [-0.4, -0.2) is 25.8 Å². The van der Waals surface area contributed by atoms with Crippen molar-refractivity contribution in [1.29, 1.82) is 0 Å². The number of nitrogens with zero attached hydrogens (tertiary/aromatic N) is 1. The van der Waals surface area contributed by atoms with Crippen molar-refractivity contribution in [3.05, 3.63) is 88.7 Å². The van der Waals surface area contributed by atoms with E-state index in [1.807, 2.05) is 0 Å². The maximum absolute atomic E-state index is 13.3. The van der Waals surface area contributed by atoms with E-state index in [9.17, 15) is 9.18 Å². The standard InChI is InChI=1S/C23H20ClFN2O4/c1-29-22-12-16(5-10-21(22)30-14-17-3-2-4-19(25)11-17)13-26-31-15-23(28)27-20-8-6-18(24)7-9-20/h2-13H,14-15H2,1H3,(H,27,28). The molecule has 3 aromatic carbocycles. The molecule has 0 saturated carbocycles. The lowest BCUT2D eigenvalue weighted by molar-refractivity contribution is -0.120. The molecule has 0 bridgehead atoms. The Labute approximate surface area is 184 Å². The first-order chi connectivity index (χ1) is 15.0. The molecule has 0 aliphatic carbocycles. The molecule has 0 radical (unpaired) electrons. The maximum atomic E-state index is 13.3. The van der Waals surface area contributed by atoms with E-state index in [2.05, 4.69) is 10.5 Å². The fourth-order valence-corrected chi connectivity index (χ4v) is 2.72. The summed E-state index contributed by atoms with van der Waals surface area (Å²) < 4.78 is 24.3. The van der Waals surface area contributed by atoms with E-state index in [4.69, 9.17) is 25.9 Å². The van der Waals surface area contributed by atoms with Crippen LogP contribution in [0.4, 0.5) is 10.1 Å². The molecule has 0 unspecified atom stereocenters. The minimum atomic E-state index is -0.349. The second-order valence-electron chi connectivity index (χ2n) is 6.39. The van der Waals surface area contributed by atoms with Crippen LogP contribution in [0.1, 0.15) is 11.1 Å². The molecule has 31 heavy (non-hydrogen) atoms. The van der Waals surface area contributed by atoms with Gasteiger partial charge in [-0.25, -0.2) is 4.39 Å². The van der Waals surface area contributed by atoms with Crippen molar-refractivity contribution in [2.75, 3.05) is 19.0 Å². The topological polar surface area (TPSA) is 69.2 Å². The number of rotatable bonds is 9. The van der Waals surface area contributed by atoms with Crippen LogP contribution in [0.15, 0.2) is 71.9 Å². The first kappa shape index (κ1) is 22.1. The highest BCUT2D eigenvalue weighted by molar-refractivity contribution is 6.30. The van der Waals surface area contributed by atoms with Crippen LogP contribution in [0.3, 0.4) is 0 Å². The van der Waals surface area contributed by atoms with Gasteiger partial charge in [-0.3, -0.25) is 4.79 Å². The second-order valence-corrected chi connectivity index (χ2v) is 6.83. The fraction of sp³-hybridized carbons (Fsp3) is 0.130. The number of nitrogens with one attached hydrogen (secondary N) is 1. The molecule has 3 aromatic rings. The van der Waals surface area contributed by atoms with Gasteiger partial charge in [0.15, 0.2) is 18.1 Å². The van der Waals surface area contributed by atoms with E-state index in [-0.39, 0.29) is 24.9 Å². The van der Waals surface area contributed by atoms with Crippen LogP contribution >= 0.6 is 11.6 Å². The van der Waals surface area contributed by atoms with Crippen LogP contribution < -0.4 is 14.8 Å². The van der Waals surface area contributed by atoms with E-state index >= 15 is 0 Å². The van der Waals surface area contributed by atoms with Crippen molar-refractivity contribution in [2.45, 2.75) is 6.61 Å². The van der Waals surface area contributed by atoms with E-state index < -0.39 is 0 Å². The van der Waals surface area contributed by atoms with Crippen molar-refractivity contribution in [2.24, 2.45) is 5.16 Å². The molecule has 0 aliphatic heterocycles. The van der Waals surface area contributed by atoms with Crippen LogP contribution in [0.5, 0.6) is 11.5 Å². The second kappa shape index (κ2) is 11.0. The first-order valence-corrected chi connectivity index (χ1v) is 9.67. The van der Waals surface area contributed by atoms with Crippen LogP contribution in [0.25, 0.3) is 0 Å². The summed E-state index contributed by atoms with van der Waals surface area (Å²) in [5.74, 6) is 0.327. The maximum Gasteiger partial charge on any atom is 0.265 e. The van der Waals surface area contributed by atoms with Gasteiger partial charge in [0.05, 0.1) is 13.3 Å². The van der Waals surface area contributed by atoms with Gasteiger partial charge in [0, 0.05) is 16.3 Å². The van der Waals surface area contributed by atoms with Crippen LogP contribution in [0, 0.1) is 5.82 Å². The molecule has 1 N–H and O–H groups in total. The Kier molecular flexibility index (Phi) is 7.84. The molecule has 0 heterocycles. The molecule has 0 spiro atoms. The molecule has 0 atom stereocenters. The molecular weight excluding hydrogens is 423 g/mol. The number of amides is 1. The molecule has 8 heteroatoms. The van der Waals surface area contributed by atoms with Gasteiger partial charge in [-0.05, 0) is 60.2 Å². The lowest BCUT2D eigenvalue weighted by Gasteiger charge is -2.11. The van der Waals surface area contributed by atoms with Gasteiger partial charge < -0.3 is 19.6 Å². The first-order valence-electron chi connectivity index (χ1n) is 9.29. The third-order valence-corrected chi connectivity index (χ3v) is 4.32. The Bertz CT molecular complexity index is 1060. The summed E-state index contributed by atoms with van der Waals surface area (Å²) in [7, 11) is 1.52. The Morgan fingerprint density at radius 2 is 1.90 bits per heavy atom. The lowest BCUT2D eigenvalue weighted by atomic mass is 10.2. The van der Waals surface area contributed by atoms with Gasteiger partial charge in [-0.1, -0.05) is 28.9 Å². The number of benzene rings is 3. The van der Waals surface area contributed by atoms with E-state index in [0.717, 1.165) is 0 Å². The van der Waals surface area contributed by atoms with Crippen molar-refractivity contribution in [1.82, 2.24) is 0 Å². The number of anilines is 1. The smallest absolute Gasteiger partial charge is 0.265 e. The zero-order valence-corrected chi connectivity index (χ0v) is 17.4. The molecule has 0 aliphatic rings. The van der Waals surface area contributed by atoms with Crippen LogP contribution in [-0.2, 0) is 16.2 Å². The highest BCUT2D eigenvalue weighted by atomic mass is 35.5. The average Bonchev–Trinajstić information content (AvgIpc) is 2.77. The highest BCUT2D eigenvalue weighted by Crippen LogP contribution is 2.28. The molecule has 0 aromatic heterocycles. The quantitative estimate of drug-likeness (QED) is 0.371. The predicted molar refractivity (Wildman–Crippen MR) is 117 cm³/mol. The van der Waals surface area contributed by atoms with Crippen molar-refractivity contribution in [3.8, 4) is 11.5 Å². The Morgan fingerprint density at radius 1 is 1.10 bits per heavy atom. The number of methoxy groups -OCH3 is 1. The van der Waals surface area contributed by atoms with Crippen molar-refractivity contribution < 1.29 is 23.5 Å². The average molecular weight is 443 g/mol. The zero-order chi connectivity index (χ0) is 22.1. The van der Waals surface area contributed by atoms with Gasteiger partial charge in [-0.15, -0.1) is 0 Å².